The highest BCUT2D eigenvalue weighted by Gasteiger charge is 2.36. The first-order chi connectivity index (χ1) is 12.9. The normalized spacial score (nSPS) is 15.4. The van der Waals surface area contributed by atoms with Crippen molar-refractivity contribution in [3.8, 4) is 11.3 Å². The molecule has 1 aromatic heterocycles. The van der Waals surface area contributed by atoms with Crippen molar-refractivity contribution < 1.29 is 28.5 Å². The number of ether oxygens (including phenoxy) is 1. The van der Waals surface area contributed by atoms with Gasteiger partial charge in [0.05, 0.1) is 16.9 Å². The highest BCUT2D eigenvalue weighted by Crippen LogP contribution is 2.33. The molecule has 0 radical (unpaired) electrons. The Hall–Kier alpha value is -3.40. The minimum Gasteiger partial charge on any atom is -0.468 e. The number of carbonyl (C=O) groups excluding carboxylic acids is 3. The molecule has 1 aliphatic heterocycles. The number of non-ortho nitro benzene ring substituents is 1. The van der Waals surface area contributed by atoms with Gasteiger partial charge in [-0.25, -0.2) is 0 Å². The van der Waals surface area contributed by atoms with Gasteiger partial charge in [0, 0.05) is 23.8 Å². The Balaban J connectivity index is 1.82. The third-order valence-corrected chi connectivity index (χ3v) is 4.54. The molecule has 0 atom stereocenters. The van der Waals surface area contributed by atoms with E-state index in [1.165, 1.54) is 24.3 Å². The van der Waals surface area contributed by atoms with Crippen LogP contribution in [0.5, 0.6) is 0 Å². The van der Waals surface area contributed by atoms with Gasteiger partial charge < -0.3 is 9.15 Å². The zero-order chi connectivity index (χ0) is 19.6. The number of esters is 1. The highest BCUT2D eigenvalue weighted by molar-refractivity contribution is 8.18. The van der Waals surface area contributed by atoms with Crippen LogP contribution in [-0.4, -0.2) is 40.6 Å². The maximum Gasteiger partial charge on any atom is 0.325 e. The third-order valence-electron chi connectivity index (χ3n) is 3.63. The summed E-state index contributed by atoms with van der Waals surface area (Å²) < 4.78 is 10.1. The molecule has 0 saturated carbocycles. The van der Waals surface area contributed by atoms with E-state index in [0.717, 1.165) is 12.0 Å². The van der Waals surface area contributed by atoms with Crippen molar-refractivity contribution in [3.05, 3.63) is 57.2 Å². The maximum atomic E-state index is 12.3. The van der Waals surface area contributed by atoms with E-state index in [-0.39, 0.29) is 10.6 Å². The number of carbonyl (C=O) groups is 3. The number of hydrogen-bond acceptors (Lipinski definition) is 8. The summed E-state index contributed by atoms with van der Waals surface area (Å²) in [5.74, 6) is -0.660. The van der Waals surface area contributed by atoms with Crippen molar-refractivity contribution in [2.45, 2.75) is 0 Å². The van der Waals surface area contributed by atoms with Crippen molar-refractivity contribution >= 4 is 40.6 Å². The summed E-state index contributed by atoms with van der Waals surface area (Å²) >= 11 is 0.682. The number of nitro groups is 1. The first-order valence-electron chi connectivity index (χ1n) is 7.56. The van der Waals surface area contributed by atoms with Crippen LogP contribution in [0.1, 0.15) is 5.76 Å². The largest absolute Gasteiger partial charge is 0.468 e. The monoisotopic (exact) mass is 388 g/mol. The standard InChI is InChI=1S/C17H12N2O7S/c1-25-15(20)9-18-16(21)14(27-17(18)22)8-12-5-6-13(26-12)10-3-2-4-11(7-10)19(23)24/h2-8H,9H2,1H3/b14-8+. The van der Waals surface area contributed by atoms with Crippen LogP contribution in [0, 0.1) is 10.1 Å². The van der Waals surface area contributed by atoms with Gasteiger partial charge in [-0.3, -0.25) is 29.4 Å². The average molecular weight is 388 g/mol. The van der Waals surface area contributed by atoms with Crippen LogP contribution in [0.3, 0.4) is 0 Å². The molecule has 0 spiro atoms. The molecule has 27 heavy (non-hydrogen) atoms. The molecule has 0 aliphatic carbocycles. The van der Waals surface area contributed by atoms with Crippen molar-refractivity contribution in [1.29, 1.82) is 0 Å². The van der Waals surface area contributed by atoms with Gasteiger partial charge in [-0.1, -0.05) is 12.1 Å². The van der Waals surface area contributed by atoms with E-state index in [4.69, 9.17) is 4.42 Å². The molecule has 138 valence electrons. The summed E-state index contributed by atoms with van der Waals surface area (Å²) in [5, 5.41) is 10.3. The predicted molar refractivity (Wildman–Crippen MR) is 95.5 cm³/mol. The molecule has 9 nitrogen and oxygen atoms in total. The average Bonchev–Trinajstić information content (AvgIpc) is 3.22. The number of rotatable bonds is 5. The van der Waals surface area contributed by atoms with Crippen LogP contribution in [0.15, 0.2) is 45.7 Å². The molecule has 0 unspecified atom stereocenters. The van der Waals surface area contributed by atoms with Crippen LogP contribution < -0.4 is 0 Å². The zero-order valence-corrected chi connectivity index (χ0v) is 14.7. The molecule has 2 aromatic rings. The Morgan fingerprint density at radius 2 is 2.11 bits per heavy atom. The smallest absolute Gasteiger partial charge is 0.325 e. The van der Waals surface area contributed by atoms with Gasteiger partial charge in [-0.2, -0.15) is 0 Å². The fourth-order valence-electron chi connectivity index (χ4n) is 2.32. The first-order valence-corrected chi connectivity index (χ1v) is 8.37. The second-order valence-corrected chi connectivity index (χ2v) is 6.35. The van der Waals surface area contributed by atoms with Crippen LogP contribution in [0.2, 0.25) is 0 Å². The Kier molecular flexibility index (Phi) is 5.08. The highest BCUT2D eigenvalue weighted by atomic mass is 32.2. The zero-order valence-electron chi connectivity index (χ0n) is 13.9. The lowest BCUT2D eigenvalue weighted by molar-refractivity contribution is -0.384. The fourth-order valence-corrected chi connectivity index (χ4v) is 3.14. The van der Waals surface area contributed by atoms with E-state index in [0.29, 0.717) is 28.8 Å². The number of nitrogens with zero attached hydrogens (tertiary/aromatic N) is 2. The molecule has 1 aromatic carbocycles. The van der Waals surface area contributed by atoms with Gasteiger partial charge >= 0.3 is 5.97 Å². The van der Waals surface area contributed by atoms with Crippen molar-refractivity contribution in [1.82, 2.24) is 4.90 Å². The number of hydrogen-bond donors (Lipinski definition) is 0. The molecular formula is C17H12N2O7S. The summed E-state index contributed by atoms with van der Waals surface area (Å²) in [4.78, 5) is 46.7. The molecule has 2 amide bonds. The lowest BCUT2D eigenvalue weighted by Crippen LogP contribution is -2.34. The fraction of sp³-hybridized carbons (Fsp3) is 0.118. The van der Waals surface area contributed by atoms with Gasteiger partial charge in [0.1, 0.15) is 18.1 Å². The summed E-state index contributed by atoms with van der Waals surface area (Å²) in [6.07, 6.45) is 1.38. The number of furan rings is 1. The molecule has 0 bridgehead atoms. The minimum absolute atomic E-state index is 0.0746. The lowest BCUT2D eigenvalue weighted by Gasteiger charge is -2.09. The Morgan fingerprint density at radius 3 is 2.81 bits per heavy atom. The van der Waals surface area contributed by atoms with E-state index < -0.39 is 28.6 Å². The Morgan fingerprint density at radius 1 is 1.33 bits per heavy atom. The molecular weight excluding hydrogens is 376 g/mol. The Labute approximate surface area is 156 Å². The second-order valence-electron chi connectivity index (χ2n) is 5.35. The first kappa shape index (κ1) is 18.4. The van der Waals surface area contributed by atoms with Crippen LogP contribution in [0.4, 0.5) is 10.5 Å². The number of amides is 2. The number of benzene rings is 1. The summed E-state index contributed by atoms with van der Waals surface area (Å²) in [6, 6.07) is 9.09. The van der Waals surface area contributed by atoms with Crippen LogP contribution >= 0.6 is 11.8 Å². The van der Waals surface area contributed by atoms with Gasteiger partial charge in [0.2, 0.25) is 0 Å². The van der Waals surface area contributed by atoms with E-state index in [1.54, 1.807) is 18.2 Å². The molecule has 0 N–H and O–H groups in total. The third kappa shape index (κ3) is 3.90. The molecule has 1 fully saturated rings. The van der Waals surface area contributed by atoms with Gasteiger partial charge in [0.25, 0.3) is 16.8 Å². The van der Waals surface area contributed by atoms with E-state index >= 15 is 0 Å². The number of nitro benzene ring substituents is 1. The van der Waals surface area contributed by atoms with E-state index in [9.17, 15) is 24.5 Å². The summed E-state index contributed by atoms with van der Waals surface area (Å²) in [5.41, 5.74) is 0.428. The van der Waals surface area contributed by atoms with Crippen molar-refractivity contribution in [3.63, 3.8) is 0 Å². The van der Waals surface area contributed by atoms with E-state index in [1.807, 2.05) is 0 Å². The van der Waals surface area contributed by atoms with Gasteiger partial charge in [-0.15, -0.1) is 0 Å². The number of imide groups is 1. The molecule has 10 heteroatoms. The van der Waals surface area contributed by atoms with Gasteiger partial charge in [0.15, 0.2) is 0 Å². The quantitative estimate of drug-likeness (QED) is 0.332. The predicted octanol–water partition coefficient (Wildman–Crippen LogP) is 3.06. The van der Waals surface area contributed by atoms with Crippen molar-refractivity contribution in [2.75, 3.05) is 13.7 Å². The van der Waals surface area contributed by atoms with Crippen LogP contribution in [0.25, 0.3) is 17.4 Å². The Bertz CT molecular complexity index is 979. The second kappa shape index (κ2) is 7.46. The van der Waals surface area contributed by atoms with Gasteiger partial charge in [-0.05, 0) is 23.9 Å². The van der Waals surface area contributed by atoms with Crippen molar-refractivity contribution in [2.24, 2.45) is 0 Å². The summed E-state index contributed by atoms with van der Waals surface area (Å²) in [7, 11) is 1.16. The number of methoxy groups -OCH3 is 1. The number of thioether (sulfide) groups is 1. The molecule has 3 rings (SSSR count). The maximum absolute atomic E-state index is 12.3. The summed E-state index contributed by atoms with van der Waals surface area (Å²) in [6.45, 7) is -0.463. The van der Waals surface area contributed by atoms with Crippen LogP contribution in [-0.2, 0) is 14.3 Å². The minimum atomic E-state index is -0.704. The molecule has 1 aliphatic rings. The SMILES string of the molecule is COC(=O)CN1C(=O)S/C(=C/c2ccc(-c3cccc([N+](=O)[O-])c3)o2)C1=O. The molecule has 1 saturated heterocycles. The topological polar surface area (TPSA) is 120 Å². The lowest BCUT2D eigenvalue weighted by atomic mass is 10.1. The molecule has 2 heterocycles. The van der Waals surface area contributed by atoms with E-state index in [2.05, 4.69) is 4.74 Å².